The number of hydrogen-bond acceptors (Lipinski definition) is 3. The number of benzene rings is 2. The van der Waals surface area contributed by atoms with E-state index in [0.717, 1.165) is 15.6 Å². The Labute approximate surface area is 136 Å². The van der Waals surface area contributed by atoms with Crippen molar-refractivity contribution in [1.82, 2.24) is 0 Å². The van der Waals surface area contributed by atoms with E-state index in [-0.39, 0.29) is 0 Å². The van der Waals surface area contributed by atoms with Gasteiger partial charge in [0, 0.05) is 11.6 Å². The van der Waals surface area contributed by atoms with Gasteiger partial charge in [-0.25, -0.2) is 0 Å². The zero-order valence-corrected chi connectivity index (χ0v) is 13.6. The van der Waals surface area contributed by atoms with Crippen LogP contribution in [0.3, 0.4) is 0 Å². The average molecular weight is 370 g/mol. The summed E-state index contributed by atoms with van der Waals surface area (Å²) < 4.78 is 17.6. The molecule has 0 radical (unpaired) electrons. The summed E-state index contributed by atoms with van der Waals surface area (Å²) in [4.78, 5) is 0. The van der Waals surface area contributed by atoms with Crippen LogP contribution >= 0.6 is 27.5 Å². The molecule has 1 saturated heterocycles. The van der Waals surface area contributed by atoms with E-state index < -0.39 is 6.29 Å². The van der Waals surface area contributed by atoms with Crippen LogP contribution in [0.4, 0.5) is 0 Å². The van der Waals surface area contributed by atoms with Gasteiger partial charge in [-0.05, 0) is 27.6 Å². The van der Waals surface area contributed by atoms with Gasteiger partial charge in [-0.2, -0.15) is 0 Å². The fourth-order valence-electron chi connectivity index (χ4n) is 2.11. The van der Waals surface area contributed by atoms with Crippen molar-refractivity contribution < 1.29 is 14.2 Å². The van der Waals surface area contributed by atoms with Gasteiger partial charge < -0.3 is 14.2 Å². The van der Waals surface area contributed by atoms with Crippen molar-refractivity contribution >= 4 is 27.5 Å². The zero-order chi connectivity index (χ0) is 14.7. The second-order valence-corrected chi connectivity index (χ2v) is 5.91. The molecule has 0 aromatic heterocycles. The third kappa shape index (κ3) is 3.58. The zero-order valence-electron chi connectivity index (χ0n) is 11.2. The molecule has 0 atom stereocenters. The third-order valence-corrected chi connectivity index (χ3v) is 4.11. The van der Waals surface area contributed by atoms with E-state index in [0.29, 0.717) is 30.6 Å². The molecule has 1 fully saturated rings. The molecule has 110 valence electrons. The van der Waals surface area contributed by atoms with Gasteiger partial charge in [0.15, 0.2) is 6.29 Å². The van der Waals surface area contributed by atoms with E-state index in [9.17, 15) is 0 Å². The Morgan fingerprint density at radius 2 is 1.86 bits per heavy atom. The van der Waals surface area contributed by atoms with Gasteiger partial charge in [0.2, 0.25) is 0 Å². The molecule has 0 saturated carbocycles. The Balaban J connectivity index is 1.75. The van der Waals surface area contributed by atoms with Crippen LogP contribution in [0, 0.1) is 0 Å². The van der Waals surface area contributed by atoms with E-state index in [1.54, 1.807) is 6.07 Å². The molecule has 0 unspecified atom stereocenters. The van der Waals surface area contributed by atoms with Crippen molar-refractivity contribution in [2.24, 2.45) is 0 Å². The number of hydrogen-bond donors (Lipinski definition) is 0. The lowest BCUT2D eigenvalue weighted by molar-refractivity contribution is -0.0441. The van der Waals surface area contributed by atoms with Crippen molar-refractivity contribution in [1.29, 1.82) is 0 Å². The minimum absolute atomic E-state index is 0.392. The first-order valence-corrected chi connectivity index (χ1v) is 7.80. The highest BCUT2D eigenvalue weighted by Crippen LogP contribution is 2.37. The van der Waals surface area contributed by atoms with Crippen LogP contribution in [0.2, 0.25) is 5.02 Å². The van der Waals surface area contributed by atoms with Crippen LogP contribution in [0.15, 0.2) is 46.9 Å². The summed E-state index contributed by atoms with van der Waals surface area (Å²) in [6, 6.07) is 13.7. The highest BCUT2D eigenvalue weighted by atomic mass is 79.9. The predicted octanol–water partition coefficient (Wildman–Crippen LogP) is 4.73. The van der Waals surface area contributed by atoms with Gasteiger partial charge in [-0.15, -0.1) is 0 Å². The Morgan fingerprint density at radius 1 is 1.14 bits per heavy atom. The van der Waals surface area contributed by atoms with Crippen LogP contribution in [-0.2, 0) is 16.1 Å². The maximum atomic E-state index is 6.30. The van der Waals surface area contributed by atoms with Crippen molar-refractivity contribution in [2.45, 2.75) is 12.9 Å². The monoisotopic (exact) mass is 368 g/mol. The summed E-state index contributed by atoms with van der Waals surface area (Å²) in [7, 11) is 0. The Kier molecular flexibility index (Phi) is 4.80. The van der Waals surface area contributed by atoms with E-state index in [2.05, 4.69) is 15.9 Å². The molecular formula is C16H14BrClO3. The summed E-state index contributed by atoms with van der Waals surface area (Å²) in [6.45, 7) is 1.67. The van der Waals surface area contributed by atoms with Crippen molar-refractivity contribution in [3.05, 3.63) is 63.1 Å². The molecule has 1 heterocycles. The van der Waals surface area contributed by atoms with Crippen LogP contribution in [-0.4, -0.2) is 13.2 Å². The topological polar surface area (TPSA) is 27.7 Å². The normalized spacial score (nSPS) is 15.3. The first-order valence-electron chi connectivity index (χ1n) is 6.63. The number of halogens is 2. The molecule has 0 amide bonds. The smallest absolute Gasteiger partial charge is 0.185 e. The lowest BCUT2D eigenvalue weighted by Gasteiger charge is -2.15. The summed E-state index contributed by atoms with van der Waals surface area (Å²) in [6.07, 6.45) is -0.392. The molecule has 1 aliphatic rings. The molecule has 3 nitrogen and oxygen atoms in total. The number of ether oxygens (including phenoxy) is 3. The molecule has 1 aliphatic heterocycles. The molecule has 0 aliphatic carbocycles. The van der Waals surface area contributed by atoms with Crippen molar-refractivity contribution in [2.75, 3.05) is 13.2 Å². The molecule has 5 heteroatoms. The van der Waals surface area contributed by atoms with Crippen molar-refractivity contribution in [3.8, 4) is 5.75 Å². The van der Waals surface area contributed by atoms with E-state index in [4.69, 9.17) is 25.8 Å². The molecule has 0 N–H and O–H groups in total. The molecular weight excluding hydrogens is 356 g/mol. The number of rotatable bonds is 4. The summed E-state index contributed by atoms with van der Waals surface area (Å²) in [5, 5.41) is 0.577. The first-order chi connectivity index (χ1) is 10.2. The van der Waals surface area contributed by atoms with Crippen LogP contribution in [0.5, 0.6) is 5.75 Å². The third-order valence-electron chi connectivity index (χ3n) is 3.16. The molecule has 0 spiro atoms. The second-order valence-electron chi connectivity index (χ2n) is 4.65. The van der Waals surface area contributed by atoms with Gasteiger partial charge in [0.1, 0.15) is 12.4 Å². The Hall–Kier alpha value is -1.07. The van der Waals surface area contributed by atoms with Crippen LogP contribution < -0.4 is 4.74 Å². The second kappa shape index (κ2) is 6.79. The molecule has 2 aromatic rings. The van der Waals surface area contributed by atoms with Gasteiger partial charge >= 0.3 is 0 Å². The highest BCUT2D eigenvalue weighted by molar-refractivity contribution is 9.10. The largest absolute Gasteiger partial charge is 0.488 e. The summed E-state index contributed by atoms with van der Waals surface area (Å²) in [5.41, 5.74) is 1.92. The SMILES string of the molecule is Clc1cc(OCc2ccccc2)c(Br)cc1C1OCCO1. The minimum atomic E-state index is -0.392. The maximum Gasteiger partial charge on any atom is 0.185 e. The van der Waals surface area contributed by atoms with E-state index >= 15 is 0 Å². The van der Waals surface area contributed by atoms with Crippen LogP contribution in [0.25, 0.3) is 0 Å². The van der Waals surface area contributed by atoms with Gasteiger partial charge in [-0.1, -0.05) is 41.9 Å². The fourth-order valence-corrected chi connectivity index (χ4v) is 2.83. The minimum Gasteiger partial charge on any atom is -0.488 e. The average Bonchev–Trinajstić information content (AvgIpc) is 3.03. The molecule has 2 aromatic carbocycles. The van der Waals surface area contributed by atoms with E-state index in [1.807, 2.05) is 36.4 Å². The molecule has 3 rings (SSSR count). The maximum absolute atomic E-state index is 6.30. The lowest BCUT2D eigenvalue weighted by atomic mass is 10.2. The molecule has 21 heavy (non-hydrogen) atoms. The summed E-state index contributed by atoms with van der Waals surface area (Å²) >= 11 is 9.81. The van der Waals surface area contributed by atoms with E-state index in [1.165, 1.54) is 0 Å². The Morgan fingerprint density at radius 3 is 2.57 bits per heavy atom. The van der Waals surface area contributed by atoms with Gasteiger partial charge in [0.25, 0.3) is 0 Å². The molecule has 0 bridgehead atoms. The van der Waals surface area contributed by atoms with Crippen molar-refractivity contribution in [3.63, 3.8) is 0 Å². The summed E-state index contributed by atoms with van der Waals surface area (Å²) in [5.74, 6) is 0.700. The predicted molar refractivity (Wildman–Crippen MR) is 84.6 cm³/mol. The Bertz CT molecular complexity index is 612. The van der Waals surface area contributed by atoms with Gasteiger partial charge in [-0.3, -0.25) is 0 Å². The standard InChI is InChI=1S/C16H14BrClO3/c17-13-8-12(16-19-6-7-20-16)14(18)9-15(13)21-10-11-4-2-1-3-5-11/h1-5,8-9,16H,6-7,10H2. The van der Waals surface area contributed by atoms with Crippen LogP contribution in [0.1, 0.15) is 17.4 Å². The fraction of sp³-hybridized carbons (Fsp3) is 0.250. The first kappa shape index (κ1) is 14.9. The quantitative estimate of drug-likeness (QED) is 0.780. The lowest BCUT2D eigenvalue weighted by Crippen LogP contribution is -2.01. The van der Waals surface area contributed by atoms with Gasteiger partial charge in [0.05, 0.1) is 22.7 Å². The highest BCUT2D eigenvalue weighted by Gasteiger charge is 2.22.